The first kappa shape index (κ1) is 20.2. The van der Waals surface area contributed by atoms with Crippen LogP contribution in [0.1, 0.15) is 5.69 Å². The molecule has 0 amide bonds. The van der Waals surface area contributed by atoms with Gasteiger partial charge in [-0.1, -0.05) is 84.0 Å². The molecule has 2 heterocycles. The fourth-order valence-corrected chi connectivity index (χ4v) is 7.64. The monoisotopic (exact) mass is 450 g/mol. The molecule has 1 aliphatic rings. The normalized spacial score (nSPS) is 12.5. The molecule has 0 fully saturated rings. The lowest BCUT2D eigenvalue weighted by atomic mass is 10.0. The standard InChI is InChI=1S/C30H20N3Si/c31-21-26-25(14-9-19-32-26)22-10-8-11-23(20-22)33-27-15-4-6-17-29(27)34(24-12-2-1-3-13-24)30-18-7-5-16-28(30)33/h1-20H. The third-order valence-corrected chi connectivity index (χ3v) is 9.05. The third kappa shape index (κ3) is 3.31. The number of hydrogen-bond donors (Lipinski definition) is 0. The predicted molar refractivity (Wildman–Crippen MR) is 140 cm³/mol. The van der Waals surface area contributed by atoms with Crippen LogP contribution in [0.25, 0.3) is 11.1 Å². The zero-order chi connectivity index (χ0) is 22.9. The van der Waals surface area contributed by atoms with Crippen LogP contribution in [0.15, 0.2) is 121 Å². The van der Waals surface area contributed by atoms with Gasteiger partial charge in [0.05, 0.1) is 0 Å². The molecule has 0 bridgehead atoms. The molecular formula is C30H20N3Si. The lowest BCUT2D eigenvalue weighted by Crippen LogP contribution is -2.57. The Morgan fingerprint density at radius 3 is 2.06 bits per heavy atom. The summed E-state index contributed by atoms with van der Waals surface area (Å²) in [5.74, 6) is 0. The van der Waals surface area contributed by atoms with E-state index in [-0.39, 0.29) is 0 Å². The van der Waals surface area contributed by atoms with Crippen molar-refractivity contribution >= 4 is 41.4 Å². The van der Waals surface area contributed by atoms with Crippen molar-refractivity contribution in [2.24, 2.45) is 0 Å². The van der Waals surface area contributed by atoms with Crippen molar-refractivity contribution in [2.45, 2.75) is 0 Å². The number of fused-ring (bicyclic) bond motifs is 2. The molecule has 159 valence electrons. The molecule has 4 heteroatoms. The molecule has 34 heavy (non-hydrogen) atoms. The second kappa shape index (κ2) is 8.47. The maximum atomic E-state index is 9.58. The van der Waals surface area contributed by atoms with Gasteiger partial charge in [-0.15, -0.1) is 0 Å². The Morgan fingerprint density at radius 1 is 0.676 bits per heavy atom. The summed E-state index contributed by atoms with van der Waals surface area (Å²) in [7, 11) is -1.15. The van der Waals surface area contributed by atoms with E-state index in [4.69, 9.17) is 0 Å². The number of rotatable bonds is 3. The molecule has 0 aliphatic carbocycles. The van der Waals surface area contributed by atoms with Gasteiger partial charge in [0.2, 0.25) is 0 Å². The van der Waals surface area contributed by atoms with Crippen LogP contribution in [-0.2, 0) is 0 Å². The van der Waals surface area contributed by atoms with E-state index >= 15 is 0 Å². The second-order valence-electron chi connectivity index (χ2n) is 8.17. The van der Waals surface area contributed by atoms with Gasteiger partial charge in [-0.05, 0) is 52.3 Å². The SMILES string of the molecule is N#Cc1ncccc1-c1cccc(N2c3ccccc3[Si](c3ccccc3)c3ccccc32)c1. The second-order valence-corrected chi connectivity index (χ2v) is 10.6. The van der Waals surface area contributed by atoms with Gasteiger partial charge < -0.3 is 4.90 Å². The number of aromatic nitrogens is 1. The van der Waals surface area contributed by atoms with E-state index in [0.717, 1.165) is 16.8 Å². The fourth-order valence-electron chi connectivity index (χ4n) is 4.77. The van der Waals surface area contributed by atoms with Gasteiger partial charge in [-0.2, -0.15) is 5.26 Å². The first-order valence-corrected chi connectivity index (χ1v) is 12.7. The molecule has 1 aliphatic heterocycles. The molecule has 0 unspecified atom stereocenters. The van der Waals surface area contributed by atoms with Crippen LogP contribution in [-0.4, -0.2) is 13.8 Å². The molecule has 0 spiro atoms. The molecule has 3 nitrogen and oxygen atoms in total. The van der Waals surface area contributed by atoms with Crippen LogP contribution < -0.4 is 20.5 Å². The summed E-state index contributed by atoms with van der Waals surface area (Å²) >= 11 is 0. The molecule has 1 aromatic heterocycles. The van der Waals surface area contributed by atoms with Crippen molar-refractivity contribution in [1.29, 1.82) is 5.26 Å². The smallest absolute Gasteiger partial charge is 0.160 e. The number of hydrogen-bond acceptors (Lipinski definition) is 3. The summed E-state index contributed by atoms with van der Waals surface area (Å²) in [5, 5.41) is 13.7. The van der Waals surface area contributed by atoms with Crippen molar-refractivity contribution in [3.63, 3.8) is 0 Å². The van der Waals surface area contributed by atoms with Crippen LogP contribution in [0, 0.1) is 11.3 Å². The Balaban J connectivity index is 1.56. The summed E-state index contributed by atoms with van der Waals surface area (Å²) in [6.45, 7) is 0. The lowest BCUT2D eigenvalue weighted by molar-refractivity contribution is 1.26. The van der Waals surface area contributed by atoms with Crippen LogP contribution in [0.4, 0.5) is 17.1 Å². The summed E-state index contributed by atoms with van der Waals surface area (Å²) in [4.78, 5) is 6.62. The number of pyridine rings is 1. The van der Waals surface area contributed by atoms with E-state index in [0.29, 0.717) is 5.69 Å². The zero-order valence-electron chi connectivity index (χ0n) is 18.4. The van der Waals surface area contributed by atoms with Crippen molar-refractivity contribution < 1.29 is 0 Å². The minimum Gasteiger partial charge on any atom is -0.311 e. The highest BCUT2D eigenvalue weighted by molar-refractivity contribution is 6.98. The summed E-state index contributed by atoms with van der Waals surface area (Å²) in [5.41, 5.74) is 5.76. The number of benzene rings is 4. The topological polar surface area (TPSA) is 39.9 Å². The molecule has 5 aromatic rings. The van der Waals surface area contributed by atoms with E-state index < -0.39 is 8.80 Å². The Labute approximate surface area is 200 Å². The molecule has 0 saturated heterocycles. The number of nitrogens with zero attached hydrogens (tertiary/aromatic N) is 3. The maximum absolute atomic E-state index is 9.58. The van der Waals surface area contributed by atoms with E-state index in [9.17, 15) is 5.26 Å². The summed E-state index contributed by atoms with van der Waals surface area (Å²) in [6, 6.07) is 42.8. The third-order valence-electron chi connectivity index (χ3n) is 6.22. The highest BCUT2D eigenvalue weighted by Gasteiger charge is 2.33. The largest absolute Gasteiger partial charge is 0.311 e. The minimum atomic E-state index is -1.15. The van der Waals surface area contributed by atoms with Crippen LogP contribution in [0.2, 0.25) is 0 Å². The van der Waals surface area contributed by atoms with Gasteiger partial charge in [0.25, 0.3) is 0 Å². The molecule has 0 atom stereocenters. The summed E-state index contributed by atoms with van der Waals surface area (Å²) in [6.07, 6.45) is 1.66. The Kier molecular flexibility index (Phi) is 5.03. The molecule has 0 N–H and O–H groups in total. The van der Waals surface area contributed by atoms with Gasteiger partial charge in [-0.3, -0.25) is 0 Å². The number of nitriles is 1. The molecule has 6 rings (SSSR count). The fraction of sp³-hybridized carbons (Fsp3) is 0. The number of anilines is 3. The number of para-hydroxylation sites is 2. The van der Waals surface area contributed by atoms with Gasteiger partial charge in [0.15, 0.2) is 8.80 Å². The maximum Gasteiger partial charge on any atom is 0.160 e. The molecule has 0 saturated carbocycles. The van der Waals surface area contributed by atoms with Gasteiger partial charge in [-0.25, -0.2) is 4.98 Å². The van der Waals surface area contributed by atoms with E-state index in [1.165, 1.54) is 26.9 Å². The van der Waals surface area contributed by atoms with Gasteiger partial charge in [0, 0.05) is 28.8 Å². The lowest BCUT2D eigenvalue weighted by Gasteiger charge is -2.37. The Morgan fingerprint density at radius 2 is 1.35 bits per heavy atom. The molecular weight excluding hydrogens is 430 g/mol. The Hall–Kier alpha value is -4.46. The summed E-state index contributed by atoms with van der Waals surface area (Å²) < 4.78 is 0. The van der Waals surface area contributed by atoms with Crippen molar-refractivity contribution in [1.82, 2.24) is 4.98 Å². The van der Waals surface area contributed by atoms with Crippen LogP contribution >= 0.6 is 0 Å². The van der Waals surface area contributed by atoms with Crippen molar-refractivity contribution in [2.75, 3.05) is 4.90 Å². The average Bonchev–Trinajstić information content (AvgIpc) is 2.92. The highest BCUT2D eigenvalue weighted by atomic mass is 28.3. The average molecular weight is 451 g/mol. The first-order valence-electron chi connectivity index (χ1n) is 11.2. The van der Waals surface area contributed by atoms with Crippen molar-refractivity contribution in [3.05, 3.63) is 127 Å². The quantitative estimate of drug-likeness (QED) is 0.359. The minimum absolute atomic E-state index is 0.439. The van der Waals surface area contributed by atoms with E-state index in [1.807, 2.05) is 18.2 Å². The first-order chi connectivity index (χ1) is 16.8. The molecule has 4 aromatic carbocycles. The van der Waals surface area contributed by atoms with E-state index in [2.05, 4.69) is 113 Å². The predicted octanol–water partition coefficient (Wildman–Crippen LogP) is 4.92. The zero-order valence-corrected chi connectivity index (χ0v) is 19.4. The van der Waals surface area contributed by atoms with Crippen LogP contribution in [0.5, 0.6) is 0 Å². The van der Waals surface area contributed by atoms with Gasteiger partial charge in [0.1, 0.15) is 11.8 Å². The van der Waals surface area contributed by atoms with E-state index in [1.54, 1.807) is 6.20 Å². The Bertz CT molecular complexity index is 1490. The highest BCUT2D eigenvalue weighted by Crippen LogP contribution is 2.37. The molecule has 1 radical (unpaired) electrons. The van der Waals surface area contributed by atoms with Crippen LogP contribution in [0.3, 0.4) is 0 Å². The van der Waals surface area contributed by atoms with Gasteiger partial charge >= 0.3 is 0 Å². The van der Waals surface area contributed by atoms with Crippen molar-refractivity contribution in [3.8, 4) is 17.2 Å².